The van der Waals surface area contributed by atoms with Gasteiger partial charge in [-0.3, -0.25) is 4.79 Å². The van der Waals surface area contributed by atoms with E-state index >= 15 is 0 Å². The molecule has 0 saturated heterocycles. The topological polar surface area (TPSA) is 70.6 Å². The predicted molar refractivity (Wildman–Crippen MR) is 84.8 cm³/mol. The highest BCUT2D eigenvalue weighted by Crippen LogP contribution is 2.22. The summed E-state index contributed by atoms with van der Waals surface area (Å²) in [6.45, 7) is 4.33. The molecule has 6 heteroatoms. The van der Waals surface area contributed by atoms with E-state index < -0.39 is 5.54 Å². The molecule has 0 saturated carbocycles. The molecule has 0 radical (unpaired) electrons. The van der Waals surface area contributed by atoms with Crippen molar-refractivity contribution in [2.45, 2.75) is 25.8 Å². The Labute approximate surface area is 130 Å². The number of halogens is 1. The van der Waals surface area contributed by atoms with Gasteiger partial charge in [0.2, 0.25) is 5.91 Å². The quantitative estimate of drug-likeness (QED) is 0.686. The fourth-order valence-electron chi connectivity index (χ4n) is 2.01. The van der Waals surface area contributed by atoms with Crippen LogP contribution in [0.2, 0.25) is 5.02 Å². The minimum atomic E-state index is -0.440. The van der Waals surface area contributed by atoms with Gasteiger partial charge in [0.15, 0.2) is 0 Å². The van der Waals surface area contributed by atoms with Gasteiger partial charge in [-0.1, -0.05) is 17.7 Å². The highest BCUT2D eigenvalue weighted by molar-refractivity contribution is 6.31. The molecule has 0 fully saturated rings. The van der Waals surface area contributed by atoms with Crippen molar-refractivity contribution in [2.24, 2.45) is 0 Å². The molecule has 1 amide bonds. The maximum atomic E-state index is 12.0. The summed E-state index contributed by atoms with van der Waals surface area (Å²) in [6.07, 6.45) is 0.504. The van der Waals surface area contributed by atoms with Gasteiger partial charge in [-0.05, 0) is 38.0 Å². The second-order valence-corrected chi connectivity index (χ2v) is 5.69. The lowest BCUT2D eigenvalue weighted by atomic mass is 9.99. The van der Waals surface area contributed by atoms with Gasteiger partial charge in [0, 0.05) is 30.0 Å². The summed E-state index contributed by atoms with van der Waals surface area (Å²) in [5.41, 5.74) is 1.09. The van der Waals surface area contributed by atoms with Crippen molar-refractivity contribution < 1.29 is 14.6 Å². The first-order chi connectivity index (χ1) is 9.91. The largest absolute Gasteiger partial charge is 0.396 e. The number of benzene rings is 1. The Morgan fingerprint density at radius 3 is 2.81 bits per heavy atom. The lowest BCUT2D eigenvalue weighted by Crippen LogP contribution is -2.49. The van der Waals surface area contributed by atoms with Crippen LogP contribution in [0.5, 0.6) is 0 Å². The molecule has 118 valence electrons. The number of carbonyl (C=O) groups is 1. The minimum Gasteiger partial charge on any atom is -0.396 e. The van der Waals surface area contributed by atoms with Crippen molar-refractivity contribution >= 4 is 23.2 Å². The standard InChI is InChI=1S/C15H23ClN2O3/c1-11-12(16)5-4-6-13(11)18-14(20)9-17-15(2,7-8-19)10-21-3/h4-6,17,19H,7-10H2,1-3H3,(H,18,20). The molecular formula is C15H23ClN2O3. The van der Waals surface area contributed by atoms with Gasteiger partial charge in [0.25, 0.3) is 0 Å². The fourth-order valence-corrected chi connectivity index (χ4v) is 2.18. The Hall–Kier alpha value is -1.14. The Bertz CT molecular complexity index is 474. The van der Waals surface area contributed by atoms with Crippen LogP contribution in [0.15, 0.2) is 18.2 Å². The number of methoxy groups -OCH3 is 1. The maximum absolute atomic E-state index is 12.0. The third-order valence-corrected chi connectivity index (χ3v) is 3.75. The third kappa shape index (κ3) is 5.63. The second kappa shape index (κ2) is 8.34. The van der Waals surface area contributed by atoms with Crippen LogP contribution in [0.4, 0.5) is 5.69 Å². The molecule has 0 spiro atoms. The van der Waals surface area contributed by atoms with Crippen LogP contribution in [0.3, 0.4) is 0 Å². The molecule has 21 heavy (non-hydrogen) atoms. The molecule has 1 aromatic rings. The molecular weight excluding hydrogens is 292 g/mol. The predicted octanol–water partition coefficient (Wildman–Crippen LogP) is 1.96. The summed E-state index contributed by atoms with van der Waals surface area (Å²) in [6, 6.07) is 5.38. The number of anilines is 1. The summed E-state index contributed by atoms with van der Waals surface area (Å²) in [5, 5.41) is 15.6. The summed E-state index contributed by atoms with van der Waals surface area (Å²) < 4.78 is 5.12. The zero-order valence-electron chi connectivity index (χ0n) is 12.7. The number of amides is 1. The number of aliphatic hydroxyl groups is 1. The normalized spacial score (nSPS) is 13.8. The average molecular weight is 315 g/mol. The van der Waals surface area contributed by atoms with Crippen LogP contribution in [-0.4, -0.2) is 43.4 Å². The minimum absolute atomic E-state index is 0.0296. The molecule has 3 N–H and O–H groups in total. The number of rotatable bonds is 8. The van der Waals surface area contributed by atoms with Crippen molar-refractivity contribution in [3.8, 4) is 0 Å². The summed E-state index contributed by atoms with van der Waals surface area (Å²) in [7, 11) is 1.59. The summed E-state index contributed by atoms with van der Waals surface area (Å²) in [5.74, 6) is -0.166. The second-order valence-electron chi connectivity index (χ2n) is 5.28. The molecule has 1 unspecified atom stereocenters. The first-order valence-corrected chi connectivity index (χ1v) is 7.19. The van der Waals surface area contributed by atoms with E-state index in [0.717, 1.165) is 5.56 Å². The van der Waals surface area contributed by atoms with Crippen molar-refractivity contribution in [3.05, 3.63) is 28.8 Å². The van der Waals surface area contributed by atoms with Crippen molar-refractivity contribution in [1.82, 2.24) is 5.32 Å². The third-order valence-electron chi connectivity index (χ3n) is 3.34. The van der Waals surface area contributed by atoms with E-state index in [1.54, 1.807) is 25.3 Å². The number of hydrogen-bond donors (Lipinski definition) is 3. The van der Waals surface area contributed by atoms with E-state index in [9.17, 15) is 4.79 Å². The molecule has 0 aliphatic heterocycles. The molecule has 0 aliphatic rings. The lowest BCUT2D eigenvalue weighted by molar-refractivity contribution is -0.115. The Morgan fingerprint density at radius 2 is 2.19 bits per heavy atom. The van der Waals surface area contributed by atoms with Gasteiger partial charge in [0.1, 0.15) is 0 Å². The highest BCUT2D eigenvalue weighted by atomic mass is 35.5. The van der Waals surface area contributed by atoms with Crippen LogP contribution in [0.1, 0.15) is 18.9 Å². The van der Waals surface area contributed by atoms with Gasteiger partial charge >= 0.3 is 0 Å². The number of ether oxygens (including phenoxy) is 1. The van der Waals surface area contributed by atoms with Crippen molar-refractivity contribution in [3.63, 3.8) is 0 Å². The van der Waals surface area contributed by atoms with Gasteiger partial charge in [0.05, 0.1) is 13.2 Å². The van der Waals surface area contributed by atoms with Crippen LogP contribution in [-0.2, 0) is 9.53 Å². The average Bonchev–Trinajstić information content (AvgIpc) is 2.42. The monoisotopic (exact) mass is 314 g/mol. The van der Waals surface area contributed by atoms with Gasteiger partial charge in [-0.25, -0.2) is 0 Å². The van der Waals surface area contributed by atoms with Gasteiger partial charge in [-0.15, -0.1) is 0 Å². The molecule has 0 aromatic heterocycles. The molecule has 1 aromatic carbocycles. The van der Waals surface area contributed by atoms with Gasteiger partial charge in [-0.2, -0.15) is 0 Å². The molecule has 5 nitrogen and oxygen atoms in total. The van der Waals surface area contributed by atoms with Crippen molar-refractivity contribution in [2.75, 3.05) is 32.2 Å². The van der Waals surface area contributed by atoms with E-state index in [2.05, 4.69) is 10.6 Å². The number of nitrogens with one attached hydrogen (secondary N) is 2. The van der Waals surface area contributed by atoms with Gasteiger partial charge < -0.3 is 20.5 Å². The summed E-state index contributed by atoms with van der Waals surface area (Å²) >= 11 is 6.02. The molecule has 0 aliphatic carbocycles. The Balaban J connectivity index is 2.59. The van der Waals surface area contributed by atoms with E-state index in [0.29, 0.717) is 23.7 Å². The van der Waals surface area contributed by atoms with Crippen molar-refractivity contribution in [1.29, 1.82) is 0 Å². The van der Waals surface area contributed by atoms with E-state index in [-0.39, 0.29) is 19.1 Å². The zero-order chi connectivity index (χ0) is 15.9. The van der Waals surface area contributed by atoms with E-state index in [1.165, 1.54) is 0 Å². The number of carbonyl (C=O) groups excluding carboxylic acids is 1. The Kier molecular flexibility index (Phi) is 7.11. The molecule has 1 rings (SSSR count). The first kappa shape index (κ1) is 17.9. The van der Waals surface area contributed by atoms with E-state index in [1.807, 2.05) is 13.8 Å². The summed E-state index contributed by atoms with van der Waals surface area (Å²) in [4.78, 5) is 12.0. The maximum Gasteiger partial charge on any atom is 0.238 e. The Morgan fingerprint density at radius 1 is 1.48 bits per heavy atom. The molecule has 1 atom stereocenters. The van der Waals surface area contributed by atoms with E-state index in [4.69, 9.17) is 21.4 Å². The van der Waals surface area contributed by atoms with Crippen LogP contribution in [0.25, 0.3) is 0 Å². The molecule has 0 heterocycles. The lowest BCUT2D eigenvalue weighted by Gasteiger charge is -2.29. The first-order valence-electron chi connectivity index (χ1n) is 6.81. The number of hydrogen-bond acceptors (Lipinski definition) is 4. The number of aliphatic hydroxyl groups excluding tert-OH is 1. The fraction of sp³-hybridized carbons (Fsp3) is 0.533. The highest BCUT2D eigenvalue weighted by Gasteiger charge is 2.24. The smallest absolute Gasteiger partial charge is 0.238 e. The van der Waals surface area contributed by atoms with Crippen LogP contribution < -0.4 is 10.6 Å². The van der Waals surface area contributed by atoms with Crippen LogP contribution >= 0.6 is 11.6 Å². The molecule has 0 bridgehead atoms. The van der Waals surface area contributed by atoms with Crippen LogP contribution in [0, 0.1) is 6.92 Å². The zero-order valence-corrected chi connectivity index (χ0v) is 13.5. The SMILES string of the molecule is COCC(C)(CCO)NCC(=O)Nc1cccc(Cl)c1C.